The van der Waals surface area contributed by atoms with E-state index < -0.39 is 16.0 Å². The van der Waals surface area contributed by atoms with Crippen molar-refractivity contribution in [1.29, 1.82) is 0 Å². The van der Waals surface area contributed by atoms with Crippen molar-refractivity contribution < 1.29 is 22.7 Å². The van der Waals surface area contributed by atoms with Crippen molar-refractivity contribution in [2.45, 2.75) is 38.3 Å². The number of benzene rings is 2. The minimum absolute atomic E-state index is 0.0797. The molecule has 2 aromatic rings. The van der Waals surface area contributed by atoms with Crippen molar-refractivity contribution >= 4 is 21.8 Å². The third-order valence-electron chi connectivity index (χ3n) is 3.57. The highest BCUT2D eigenvalue weighted by Crippen LogP contribution is 2.13. The summed E-state index contributed by atoms with van der Waals surface area (Å²) in [4.78, 5) is 23.1. The molecule has 2 aromatic carbocycles. The van der Waals surface area contributed by atoms with Crippen LogP contribution in [0.5, 0.6) is 0 Å². The van der Waals surface area contributed by atoms with Gasteiger partial charge in [-0.05, 0) is 50.6 Å². The summed E-state index contributed by atoms with van der Waals surface area (Å²) in [5.41, 5.74) is 1.56. The van der Waals surface area contributed by atoms with E-state index in [4.69, 9.17) is 4.74 Å². The van der Waals surface area contributed by atoms with Crippen molar-refractivity contribution in [1.82, 2.24) is 4.72 Å². The van der Waals surface area contributed by atoms with E-state index >= 15 is 0 Å². The summed E-state index contributed by atoms with van der Waals surface area (Å²) >= 11 is 0. The normalized spacial score (nSPS) is 11.4. The first-order valence-electron chi connectivity index (χ1n) is 8.09. The molecule has 6 nitrogen and oxygen atoms in total. The molecule has 0 aliphatic rings. The van der Waals surface area contributed by atoms with E-state index in [1.807, 2.05) is 0 Å². The van der Waals surface area contributed by atoms with Crippen LogP contribution in [0.1, 0.15) is 47.1 Å². The van der Waals surface area contributed by atoms with Gasteiger partial charge < -0.3 is 4.74 Å². The molecule has 0 aliphatic carbocycles. The minimum atomic E-state index is -3.70. The van der Waals surface area contributed by atoms with Crippen LogP contribution in [0, 0.1) is 0 Å². The first kappa shape index (κ1) is 19.8. The maximum Gasteiger partial charge on any atom is 0.338 e. The molecule has 0 atom stereocenters. The molecule has 0 aromatic heterocycles. The summed E-state index contributed by atoms with van der Waals surface area (Å²) in [7, 11) is -3.70. The van der Waals surface area contributed by atoms with Gasteiger partial charge >= 0.3 is 5.97 Å². The molecule has 1 N–H and O–H groups in total. The zero-order valence-corrected chi connectivity index (χ0v) is 15.7. The van der Waals surface area contributed by atoms with Gasteiger partial charge in [0.25, 0.3) is 0 Å². The Kier molecular flexibility index (Phi) is 6.28. The first-order chi connectivity index (χ1) is 12.2. The Morgan fingerprint density at radius 3 is 2.00 bits per heavy atom. The third-order valence-corrected chi connectivity index (χ3v) is 4.99. The predicted molar refractivity (Wildman–Crippen MR) is 97.5 cm³/mol. The zero-order chi connectivity index (χ0) is 19.3. The Morgan fingerprint density at radius 1 is 0.962 bits per heavy atom. The molecule has 7 heteroatoms. The number of ether oxygens (including phenoxy) is 1. The van der Waals surface area contributed by atoms with Gasteiger partial charge in [-0.1, -0.05) is 24.3 Å². The molecule has 2 rings (SSSR count). The highest BCUT2D eigenvalue weighted by molar-refractivity contribution is 7.89. The molecule has 0 bridgehead atoms. The summed E-state index contributed by atoms with van der Waals surface area (Å²) in [6.45, 7) is 5.03. The summed E-state index contributed by atoms with van der Waals surface area (Å²) in [6.07, 6.45) is -0.205. The molecule has 0 saturated carbocycles. The predicted octanol–water partition coefficient (Wildman–Crippen LogP) is 2.93. The number of carbonyl (C=O) groups is 2. The largest absolute Gasteiger partial charge is 0.459 e. The lowest BCUT2D eigenvalue weighted by Crippen LogP contribution is -2.23. The van der Waals surface area contributed by atoms with Crippen molar-refractivity contribution in [2.75, 3.05) is 0 Å². The lowest BCUT2D eigenvalue weighted by molar-refractivity contribution is 0.0377. The lowest BCUT2D eigenvalue weighted by atomic mass is 10.1. The summed E-state index contributed by atoms with van der Waals surface area (Å²) in [5.74, 6) is -0.546. The quantitative estimate of drug-likeness (QED) is 0.594. The zero-order valence-electron chi connectivity index (χ0n) is 14.9. The molecule has 0 heterocycles. The smallest absolute Gasteiger partial charge is 0.338 e. The summed E-state index contributed by atoms with van der Waals surface area (Å²) in [5, 5.41) is 0. The number of Topliss-reactive ketones (excluding diaryl/α,β-unsaturated/α-hetero) is 1. The standard InChI is InChI=1S/C19H21NO5S/c1-13(2)25-19(22)17-6-4-15(5-7-17)12-20-26(23,24)18-10-8-16(9-11-18)14(3)21/h4-11,13,20H,12H2,1-3H3. The highest BCUT2D eigenvalue weighted by Gasteiger charge is 2.14. The van der Waals surface area contributed by atoms with E-state index in [1.165, 1.54) is 31.2 Å². The molecule has 0 spiro atoms. The Hall–Kier alpha value is -2.51. The van der Waals surface area contributed by atoms with Crippen LogP contribution in [-0.4, -0.2) is 26.3 Å². The SMILES string of the molecule is CC(=O)c1ccc(S(=O)(=O)NCc2ccc(C(=O)OC(C)C)cc2)cc1. The molecule has 0 saturated heterocycles. The van der Waals surface area contributed by atoms with Crippen molar-refractivity contribution in [3.05, 3.63) is 65.2 Å². The minimum Gasteiger partial charge on any atom is -0.459 e. The number of hydrogen-bond donors (Lipinski definition) is 1. The Balaban J connectivity index is 2.03. The van der Waals surface area contributed by atoms with Crippen molar-refractivity contribution in [3.63, 3.8) is 0 Å². The van der Waals surface area contributed by atoms with Gasteiger partial charge in [0.05, 0.1) is 16.6 Å². The van der Waals surface area contributed by atoms with Gasteiger partial charge in [-0.15, -0.1) is 0 Å². The number of rotatable bonds is 7. The topological polar surface area (TPSA) is 89.5 Å². The second-order valence-corrected chi connectivity index (χ2v) is 7.82. The lowest BCUT2D eigenvalue weighted by Gasteiger charge is -2.09. The van der Waals surface area contributed by atoms with E-state index in [0.717, 1.165) is 0 Å². The second kappa shape index (κ2) is 8.25. The van der Waals surface area contributed by atoms with Gasteiger partial charge in [0.15, 0.2) is 5.78 Å². The molecule has 0 unspecified atom stereocenters. The third kappa shape index (κ3) is 5.24. The van der Waals surface area contributed by atoms with Crippen molar-refractivity contribution in [2.24, 2.45) is 0 Å². The molecule has 0 radical (unpaired) electrons. The van der Waals surface area contributed by atoms with Gasteiger partial charge in [0.1, 0.15) is 0 Å². The maximum absolute atomic E-state index is 12.3. The molecule has 0 amide bonds. The fraction of sp³-hybridized carbons (Fsp3) is 0.263. The molecule has 0 fully saturated rings. The molecule has 26 heavy (non-hydrogen) atoms. The maximum atomic E-state index is 12.3. The van der Waals surface area contributed by atoms with Gasteiger partial charge in [-0.3, -0.25) is 4.79 Å². The van der Waals surface area contributed by atoms with Crippen LogP contribution in [0.15, 0.2) is 53.4 Å². The van der Waals surface area contributed by atoms with Crippen LogP contribution >= 0.6 is 0 Å². The van der Waals surface area contributed by atoms with Crippen LogP contribution in [0.25, 0.3) is 0 Å². The number of esters is 1. The Labute approximate surface area is 153 Å². The fourth-order valence-corrected chi connectivity index (χ4v) is 3.19. The second-order valence-electron chi connectivity index (χ2n) is 6.06. The van der Waals surface area contributed by atoms with Crippen LogP contribution in [0.4, 0.5) is 0 Å². The van der Waals surface area contributed by atoms with Crippen LogP contribution in [-0.2, 0) is 21.3 Å². The number of nitrogens with one attached hydrogen (secondary N) is 1. The van der Waals surface area contributed by atoms with Gasteiger partial charge in [0, 0.05) is 12.1 Å². The van der Waals surface area contributed by atoms with Crippen molar-refractivity contribution in [3.8, 4) is 0 Å². The van der Waals surface area contributed by atoms with Crippen LogP contribution < -0.4 is 4.72 Å². The number of sulfonamides is 1. The monoisotopic (exact) mass is 375 g/mol. The van der Waals surface area contributed by atoms with Crippen LogP contribution in [0.2, 0.25) is 0 Å². The molecular weight excluding hydrogens is 354 g/mol. The van der Waals surface area contributed by atoms with Gasteiger partial charge in [-0.2, -0.15) is 0 Å². The number of hydrogen-bond acceptors (Lipinski definition) is 5. The van der Waals surface area contributed by atoms with E-state index in [-0.39, 0.29) is 23.3 Å². The number of carbonyl (C=O) groups excluding carboxylic acids is 2. The highest BCUT2D eigenvalue weighted by atomic mass is 32.2. The molecule has 138 valence electrons. The van der Waals surface area contributed by atoms with E-state index in [9.17, 15) is 18.0 Å². The Morgan fingerprint density at radius 2 is 1.50 bits per heavy atom. The van der Waals surface area contributed by atoms with Gasteiger partial charge in [-0.25, -0.2) is 17.9 Å². The molecule has 0 aliphatic heterocycles. The van der Waals surface area contributed by atoms with E-state index in [1.54, 1.807) is 38.1 Å². The van der Waals surface area contributed by atoms with E-state index in [0.29, 0.717) is 16.7 Å². The summed E-state index contributed by atoms with van der Waals surface area (Å²) in [6, 6.07) is 12.3. The first-order valence-corrected chi connectivity index (χ1v) is 9.58. The summed E-state index contributed by atoms with van der Waals surface area (Å²) < 4.78 is 32.2. The average molecular weight is 375 g/mol. The fourth-order valence-electron chi connectivity index (χ4n) is 2.17. The van der Waals surface area contributed by atoms with E-state index in [2.05, 4.69) is 4.72 Å². The van der Waals surface area contributed by atoms with Crippen LogP contribution in [0.3, 0.4) is 0 Å². The average Bonchev–Trinajstić information content (AvgIpc) is 2.60. The van der Waals surface area contributed by atoms with Gasteiger partial charge in [0.2, 0.25) is 10.0 Å². The number of ketones is 1. The Bertz CT molecular complexity index is 885. The molecular formula is C19H21NO5S.